The highest BCUT2D eigenvalue weighted by Gasteiger charge is 2.47. The lowest BCUT2D eigenvalue weighted by Gasteiger charge is -2.50. The molecule has 1 aromatic rings. The van der Waals surface area contributed by atoms with Crippen LogP contribution in [0.3, 0.4) is 0 Å². The molecule has 1 aromatic heterocycles. The van der Waals surface area contributed by atoms with Gasteiger partial charge in [-0.15, -0.1) is 0 Å². The fraction of sp³-hybridized carbons (Fsp3) is 0.778. The van der Waals surface area contributed by atoms with Gasteiger partial charge in [0, 0.05) is 44.8 Å². The van der Waals surface area contributed by atoms with Crippen molar-refractivity contribution < 1.29 is 9.32 Å². The molecule has 0 aliphatic carbocycles. The number of nitrogens with one attached hydrogen (secondary N) is 1. The number of aromatic nitrogens is 1. The number of nitrogens with zero attached hydrogens (tertiary/aromatic N) is 3. The number of aryl methyl sites for hydroxylation is 2. The van der Waals surface area contributed by atoms with Crippen molar-refractivity contribution in [1.82, 2.24) is 20.3 Å². The lowest BCUT2D eigenvalue weighted by molar-refractivity contribution is -0.142. The fourth-order valence-corrected chi connectivity index (χ4v) is 4.11. The van der Waals surface area contributed by atoms with Crippen LogP contribution in [0, 0.1) is 19.8 Å². The van der Waals surface area contributed by atoms with E-state index in [2.05, 4.69) is 34.1 Å². The van der Waals surface area contributed by atoms with Gasteiger partial charge in [0.25, 0.3) is 0 Å². The molecule has 2 fully saturated rings. The zero-order valence-electron chi connectivity index (χ0n) is 15.4. The molecule has 6 heteroatoms. The Labute approximate surface area is 144 Å². The Bertz CT molecular complexity index is 568. The average molecular weight is 334 g/mol. The lowest BCUT2D eigenvalue weighted by atomic mass is 9.82. The van der Waals surface area contributed by atoms with Crippen LogP contribution >= 0.6 is 0 Å². The van der Waals surface area contributed by atoms with E-state index in [1.165, 1.54) is 5.56 Å². The number of carbonyl (C=O) groups excluding carboxylic acids is 1. The lowest BCUT2D eigenvalue weighted by Crippen LogP contribution is -2.68. The van der Waals surface area contributed by atoms with E-state index in [9.17, 15) is 4.79 Å². The maximum atomic E-state index is 12.7. The van der Waals surface area contributed by atoms with Crippen LogP contribution in [-0.4, -0.2) is 59.1 Å². The van der Waals surface area contributed by atoms with E-state index in [0.717, 1.165) is 63.6 Å². The summed E-state index contributed by atoms with van der Waals surface area (Å²) in [6.45, 7) is 13.9. The van der Waals surface area contributed by atoms with Crippen LogP contribution in [0.2, 0.25) is 0 Å². The first kappa shape index (κ1) is 17.4. The molecule has 0 aromatic carbocycles. The zero-order valence-corrected chi connectivity index (χ0v) is 15.4. The highest BCUT2D eigenvalue weighted by Crippen LogP contribution is 2.32. The first-order chi connectivity index (χ1) is 11.4. The molecule has 0 radical (unpaired) electrons. The quantitative estimate of drug-likeness (QED) is 0.908. The summed E-state index contributed by atoms with van der Waals surface area (Å²) in [4.78, 5) is 17.6. The molecular weight excluding hydrogens is 304 g/mol. The van der Waals surface area contributed by atoms with Crippen LogP contribution in [0.5, 0.6) is 0 Å². The van der Waals surface area contributed by atoms with E-state index in [1.807, 2.05) is 13.8 Å². The highest BCUT2D eigenvalue weighted by molar-refractivity contribution is 5.87. The summed E-state index contributed by atoms with van der Waals surface area (Å²) in [5.74, 6) is 1.71. The van der Waals surface area contributed by atoms with E-state index in [4.69, 9.17) is 4.52 Å². The molecule has 2 aliphatic rings. The van der Waals surface area contributed by atoms with E-state index >= 15 is 0 Å². The van der Waals surface area contributed by atoms with Gasteiger partial charge in [-0.3, -0.25) is 14.6 Å². The van der Waals surface area contributed by atoms with Crippen molar-refractivity contribution in [3.8, 4) is 0 Å². The van der Waals surface area contributed by atoms with Crippen LogP contribution in [0.1, 0.15) is 43.7 Å². The van der Waals surface area contributed by atoms with Crippen molar-refractivity contribution in [3.63, 3.8) is 0 Å². The maximum Gasteiger partial charge on any atom is 0.240 e. The third-order valence-electron chi connectivity index (χ3n) is 5.53. The Morgan fingerprint density at radius 1 is 1.25 bits per heavy atom. The van der Waals surface area contributed by atoms with Gasteiger partial charge in [0.2, 0.25) is 5.91 Å². The smallest absolute Gasteiger partial charge is 0.240 e. The molecule has 0 unspecified atom stereocenters. The van der Waals surface area contributed by atoms with Gasteiger partial charge < -0.3 is 9.84 Å². The first-order valence-electron chi connectivity index (χ1n) is 9.10. The molecule has 2 aliphatic heterocycles. The minimum Gasteiger partial charge on any atom is -0.361 e. The summed E-state index contributed by atoms with van der Waals surface area (Å²) in [5, 5.41) is 7.15. The Hall–Kier alpha value is -1.40. The molecular formula is C18H30N4O2. The minimum atomic E-state index is -0.308. The summed E-state index contributed by atoms with van der Waals surface area (Å²) in [5.41, 5.74) is 1.86. The molecule has 24 heavy (non-hydrogen) atoms. The molecule has 6 nitrogen and oxygen atoms in total. The topological polar surface area (TPSA) is 61.6 Å². The summed E-state index contributed by atoms with van der Waals surface area (Å²) in [6.07, 6.45) is 1.80. The number of piperidine rings is 1. The summed E-state index contributed by atoms with van der Waals surface area (Å²) in [7, 11) is 0. The second kappa shape index (κ2) is 6.84. The molecule has 134 valence electrons. The summed E-state index contributed by atoms with van der Waals surface area (Å²) in [6, 6.07) is 0. The Kier molecular flexibility index (Phi) is 4.97. The van der Waals surface area contributed by atoms with Crippen LogP contribution < -0.4 is 5.32 Å². The van der Waals surface area contributed by atoms with E-state index < -0.39 is 0 Å². The summed E-state index contributed by atoms with van der Waals surface area (Å²) < 4.78 is 5.28. The van der Waals surface area contributed by atoms with Crippen molar-refractivity contribution >= 4 is 5.91 Å². The molecule has 1 spiro atoms. The monoisotopic (exact) mass is 334 g/mol. The highest BCUT2D eigenvalue weighted by atomic mass is 16.5. The Balaban J connectivity index is 1.68. The van der Waals surface area contributed by atoms with E-state index in [1.54, 1.807) is 0 Å². The fourth-order valence-electron chi connectivity index (χ4n) is 4.11. The van der Waals surface area contributed by atoms with Crippen molar-refractivity contribution in [3.05, 3.63) is 17.0 Å². The van der Waals surface area contributed by atoms with Crippen LogP contribution in [0.4, 0.5) is 0 Å². The predicted molar refractivity (Wildman–Crippen MR) is 92.6 cm³/mol. The molecule has 3 heterocycles. The zero-order chi connectivity index (χ0) is 17.3. The number of hydrogen-bond acceptors (Lipinski definition) is 5. The van der Waals surface area contributed by atoms with Crippen molar-refractivity contribution in [2.75, 3.05) is 32.7 Å². The van der Waals surface area contributed by atoms with Gasteiger partial charge in [-0.1, -0.05) is 19.0 Å². The average Bonchev–Trinajstić information content (AvgIpc) is 2.85. The van der Waals surface area contributed by atoms with Gasteiger partial charge in [0.05, 0.1) is 5.69 Å². The molecule has 3 rings (SSSR count). The van der Waals surface area contributed by atoms with Crippen LogP contribution in [0.15, 0.2) is 4.52 Å². The third kappa shape index (κ3) is 3.22. The first-order valence-corrected chi connectivity index (χ1v) is 9.10. The Morgan fingerprint density at radius 3 is 2.54 bits per heavy atom. The van der Waals surface area contributed by atoms with Crippen LogP contribution in [0.25, 0.3) is 0 Å². The largest absolute Gasteiger partial charge is 0.361 e. The number of carbonyl (C=O) groups is 1. The maximum absolute atomic E-state index is 12.7. The van der Waals surface area contributed by atoms with Gasteiger partial charge in [-0.25, -0.2) is 0 Å². The predicted octanol–water partition coefficient (Wildman–Crippen LogP) is 1.71. The molecule has 2 saturated heterocycles. The van der Waals surface area contributed by atoms with Crippen molar-refractivity contribution in [2.45, 2.75) is 52.6 Å². The second-order valence-corrected chi connectivity index (χ2v) is 7.71. The molecule has 0 bridgehead atoms. The standard InChI is InChI=1S/C18H30N4O2/c1-13(2)11-22-10-7-19-17(23)18(22)5-8-21(9-6-18)12-16-14(3)20-24-15(16)4/h13H,5-12H2,1-4H3,(H,19,23). The van der Waals surface area contributed by atoms with Crippen LogP contribution in [-0.2, 0) is 11.3 Å². The number of likely N-dealkylation sites (tertiary alicyclic amines) is 1. The normalized spacial score (nSPS) is 22.3. The van der Waals surface area contributed by atoms with Gasteiger partial charge in [-0.05, 0) is 32.6 Å². The molecule has 0 saturated carbocycles. The van der Waals surface area contributed by atoms with Crippen molar-refractivity contribution in [1.29, 1.82) is 0 Å². The number of rotatable bonds is 4. The SMILES string of the molecule is Cc1noc(C)c1CN1CCC2(CC1)C(=O)NCCN2CC(C)C. The molecule has 0 atom stereocenters. The van der Waals surface area contributed by atoms with Gasteiger partial charge in [0.15, 0.2) is 0 Å². The van der Waals surface area contributed by atoms with Gasteiger partial charge in [0.1, 0.15) is 11.3 Å². The molecule has 1 N–H and O–H groups in total. The Morgan fingerprint density at radius 2 is 1.96 bits per heavy atom. The van der Waals surface area contributed by atoms with E-state index in [0.29, 0.717) is 5.92 Å². The van der Waals surface area contributed by atoms with Gasteiger partial charge >= 0.3 is 0 Å². The number of hydrogen-bond donors (Lipinski definition) is 1. The number of piperazine rings is 1. The number of amides is 1. The van der Waals surface area contributed by atoms with Gasteiger partial charge in [-0.2, -0.15) is 0 Å². The molecule has 1 amide bonds. The third-order valence-corrected chi connectivity index (χ3v) is 5.53. The van der Waals surface area contributed by atoms with Crippen molar-refractivity contribution in [2.24, 2.45) is 5.92 Å². The van der Waals surface area contributed by atoms with E-state index in [-0.39, 0.29) is 11.4 Å². The summed E-state index contributed by atoms with van der Waals surface area (Å²) >= 11 is 0. The second-order valence-electron chi connectivity index (χ2n) is 7.71. The minimum absolute atomic E-state index is 0.228.